The van der Waals surface area contributed by atoms with E-state index in [-0.39, 0.29) is 11.4 Å². The molecule has 3 N–H and O–H groups in total. The van der Waals surface area contributed by atoms with Crippen LogP contribution in [0.5, 0.6) is 11.5 Å². The Morgan fingerprint density at radius 1 is 1.20 bits per heavy atom. The third-order valence-electron chi connectivity index (χ3n) is 5.14. The maximum atomic E-state index is 13.0. The average molecular weight is 468 g/mol. The van der Waals surface area contributed by atoms with Gasteiger partial charge in [0.15, 0.2) is 11.4 Å². The zero-order valence-electron chi connectivity index (χ0n) is 19.4. The SMILES string of the molecule is C=C(/C=C\C=C/N)Oc1cc(OC)cnc1C(=O)Nc1ccc(-c2cn3cccc(C)c3n2)cc1. The number of carbonyl (C=O) groups excluding carboxylic acids is 1. The lowest BCUT2D eigenvalue weighted by atomic mass is 10.1. The molecule has 4 rings (SSSR count). The number of aryl methyl sites for hydroxylation is 1. The summed E-state index contributed by atoms with van der Waals surface area (Å²) in [5, 5.41) is 2.85. The van der Waals surface area contributed by atoms with E-state index in [9.17, 15) is 4.79 Å². The summed E-state index contributed by atoms with van der Waals surface area (Å²) in [5.74, 6) is 0.531. The van der Waals surface area contributed by atoms with Crippen molar-refractivity contribution in [1.82, 2.24) is 14.4 Å². The second-order valence-corrected chi connectivity index (χ2v) is 7.61. The van der Waals surface area contributed by atoms with Crippen LogP contribution in [0.4, 0.5) is 5.69 Å². The Hall–Kier alpha value is -4.85. The van der Waals surface area contributed by atoms with Gasteiger partial charge < -0.3 is 24.9 Å². The van der Waals surface area contributed by atoms with Crippen LogP contribution in [-0.2, 0) is 0 Å². The Labute approximate surface area is 203 Å². The van der Waals surface area contributed by atoms with Crippen LogP contribution in [0, 0.1) is 6.92 Å². The average Bonchev–Trinajstić information content (AvgIpc) is 3.30. The predicted octanol–water partition coefficient (Wildman–Crippen LogP) is 4.89. The predicted molar refractivity (Wildman–Crippen MR) is 136 cm³/mol. The molecule has 176 valence electrons. The van der Waals surface area contributed by atoms with Crippen LogP contribution in [0.2, 0.25) is 0 Å². The third kappa shape index (κ3) is 5.39. The topological polar surface area (TPSA) is 104 Å². The van der Waals surface area contributed by atoms with Crippen LogP contribution < -0.4 is 20.5 Å². The van der Waals surface area contributed by atoms with Crippen LogP contribution in [0.15, 0.2) is 97.8 Å². The van der Waals surface area contributed by atoms with Gasteiger partial charge in [0.1, 0.15) is 17.2 Å². The number of aromatic nitrogens is 3. The lowest BCUT2D eigenvalue weighted by molar-refractivity contribution is 0.101. The van der Waals surface area contributed by atoms with Crippen molar-refractivity contribution in [1.29, 1.82) is 0 Å². The number of anilines is 1. The molecule has 0 saturated heterocycles. The maximum Gasteiger partial charge on any atom is 0.278 e. The molecule has 8 nitrogen and oxygen atoms in total. The first kappa shape index (κ1) is 23.3. The standard InChI is InChI=1S/C27H25N5O3/c1-18-7-6-14-32-17-23(31-26(18)32)20-9-11-21(12-10-20)30-27(33)25-24(15-22(34-3)16-29-25)35-19(2)8-4-5-13-28/h4-17H,2,28H2,1,3H3,(H,30,33)/b8-4-,13-5-. The van der Waals surface area contributed by atoms with Gasteiger partial charge in [-0.3, -0.25) is 4.79 Å². The van der Waals surface area contributed by atoms with E-state index in [4.69, 9.17) is 20.2 Å². The molecule has 0 radical (unpaired) electrons. The highest BCUT2D eigenvalue weighted by Crippen LogP contribution is 2.26. The molecule has 0 aliphatic heterocycles. The van der Waals surface area contributed by atoms with Crippen molar-refractivity contribution in [3.8, 4) is 22.8 Å². The van der Waals surface area contributed by atoms with Crippen molar-refractivity contribution in [2.75, 3.05) is 12.4 Å². The molecule has 1 amide bonds. The summed E-state index contributed by atoms with van der Waals surface area (Å²) >= 11 is 0. The van der Waals surface area contributed by atoms with Crippen LogP contribution >= 0.6 is 0 Å². The van der Waals surface area contributed by atoms with Gasteiger partial charge >= 0.3 is 0 Å². The largest absolute Gasteiger partial charge is 0.495 e. The second kappa shape index (κ2) is 10.4. The van der Waals surface area contributed by atoms with E-state index >= 15 is 0 Å². The Morgan fingerprint density at radius 3 is 2.71 bits per heavy atom. The fourth-order valence-corrected chi connectivity index (χ4v) is 3.40. The summed E-state index contributed by atoms with van der Waals surface area (Å²) in [5.41, 5.74) is 9.81. The number of pyridine rings is 2. The summed E-state index contributed by atoms with van der Waals surface area (Å²) in [6, 6.07) is 13.0. The Morgan fingerprint density at radius 2 is 2.00 bits per heavy atom. The number of fused-ring (bicyclic) bond motifs is 1. The molecule has 0 fully saturated rings. The lowest BCUT2D eigenvalue weighted by Gasteiger charge is -2.12. The molecular weight excluding hydrogens is 442 g/mol. The van der Waals surface area contributed by atoms with Crippen molar-refractivity contribution in [2.24, 2.45) is 5.73 Å². The third-order valence-corrected chi connectivity index (χ3v) is 5.14. The number of methoxy groups -OCH3 is 1. The molecule has 0 bridgehead atoms. The maximum absolute atomic E-state index is 13.0. The molecule has 0 aliphatic carbocycles. The number of amides is 1. The highest BCUT2D eigenvalue weighted by Gasteiger charge is 2.17. The van der Waals surface area contributed by atoms with E-state index in [1.807, 2.05) is 60.1 Å². The Balaban J connectivity index is 1.53. The van der Waals surface area contributed by atoms with E-state index in [1.165, 1.54) is 19.5 Å². The molecule has 0 spiro atoms. The molecule has 35 heavy (non-hydrogen) atoms. The number of benzene rings is 1. The van der Waals surface area contributed by atoms with Crippen LogP contribution in [0.1, 0.15) is 16.1 Å². The van der Waals surface area contributed by atoms with Crippen molar-refractivity contribution in [2.45, 2.75) is 6.92 Å². The van der Waals surface area contributed by atoms with E-state index < -0.39 is 5.91 Å². The van der Waals surface area contributed by atoms with Gasteiger partial charge in [-0.2, -0.15) is 0 Å². The number of nitrogens with one attached hydrogen (secondary N) is 1. The van der Waals surface area contributed by atoms with Crippen molar-refractivity contribution in [3.63, 3.8) is 0 Å². The lowest BCUT2D eigenvalue weighted by Crippen LogP contribution is -2.15. The summed E-state index contributed by atoms with van der Waals surface area (Å²) < 4.78 is 12.9. The van der Waals surface area contributed by atoms with Gasteiger partial charge in [-0.1, -0.05) is 30.9 Å². The van der Waals surface area contributed by atoms with E-state index in [2.05, 4.69) is 16.9 Å². The van der Waals surface area contributed by atoms with Crippen molar-refractivity contribution >= 4 is 17.2 Å². The number of hydrogen-bond acceptors (Lipinski definition) is 6. The normalized spacial score (nSPS) is 11.3. The minimum atomic E-state index is -0.433. The molecule has 0 unspecified atom stereocenters. The molecular formula is C27H25N5O3. The van der Waals surface area contributed by atoms with Gasteiger partial charge in [0.25, 0.3) is 5.91 Å². The molecule has 3 heterocycles. The summed E-state index contributed by atoms with van der Waals surface area (Å²) in [6.07, 6.45) is 11.7. The molecule has 4 aromatic rings. The van der Waals surface area contributed by atoms with E-state index in [1.54, 1.807) is 24.3 Å². The van der Waals surface area contributed by atoms with E-state index in [0.29, 0.717) is 17.2 Å². The van der Waals surface area contributed by atoms with Gasteiger partial charge in [0.05, 0.1) is 19.0 Å². The number of hydrogen-bond donors (Lipinski definition) is 2. The first-order valence-electron chi connectivity index (χ1n) is 10.8. The molecule has 1 aromatic carbocycles. The van der Waals surface area contributed by atoms with Gasteiger partial charge in [0.2, 0.25) is 0 Å². The van der Waals surface area contributed by atoms with E-state index in [0.717, 1.165) is 22.5 Å². The summed E-state index contributed by atoms with van der Waals surface area (Å²) in [6.45, 7) is 5.86. The van der Waals surface area contributed by atoms with Crippen LogP contribution in [0.25, 0.3) is 16.9 Å². The number of rotatable bonds is 8. The van der Waals surface area contributed by atoms with Gasteiger partial charge in [-0.25, -0.2) is 9.97 Å². The second-order valence-electron chi connectivity index (χ2n) is 7.61. The number of nitrogens with two attached hydrogens (primary N) is 1. The Kier molecular flexibility index (Phi) is 6.92. The highest BCUT2D eigenvalue weighted by atomic mass is 16.5. The highest BCUT2D eigenvalue weighted by molar-refractivity contribution is 6.05. The monoisotopic (exact) mass is 467 g/mol. The first-order chi connectivity index (χ1) is 17.0. The fraction of sp³-hybridized carbons (Fsp3) is 0.0741. The van der Waals surface area contributed by atoms with Crippen LogP contribution in [-0.4, -0.2) is 27.4 Å². The Bertz CT molecular complexity index is 1440. The minimum absolute atomic E-state index is 0.0922. The molecule has 0 aliphatic rings. The van der Waals surface area contributed by atoms with Gasteiger partial charge in [0, 0.05) is 29.7 Å². The number of allylic oxidation sites excluding steroid dienone is 3. The molecule has 8 heteroatoms. The smallest absolute Gasteiger partial charge is 0.278 e. The number of imidazole rings is 1. The van der Waals surface area contributed by atoms with Gasteiger partial charge in [-0.15, -0.1) is 0 Å². The minimum Gasteiger partial charge on any atom is -0.495 e. The van der Waals surface area contributed by atoms with Crippen LogP contribution in [0.3, 0.4) is 0 Å². The molecule has 0 saturated carbocycles. The van der Waals surface area contributed by atoms with Crippen molar-refractivity contribution in [3.05, 3.63) is 109 Å². The quantitative estimate of drug-likeness (QED) is 0.283. The fourth-order valence-electron chi connectivity index (χ4n) is 3.40. The molecule has 3 aromatic heterocycles. The zero-order valence-corrected chi connectivity index (χ0v) is 19.4. The number of nitrogens with zero attached hydrogens (tertiary/aromatic N) is 3. The first-order valence-corrected chi connectivity index (χ1v) is 10.8. The summed E-state index contributed by atoms with van der Waals surface area (Å²) in [7, 11) is 1.51. The zero-order chi connectivity index (χ0) is 24.8. The molecule has 0 atom stereocenters. The number of ether oxygens (including phenoxy) is 2. The van der Waals surface area contributed by atoms with Gasteiger partial charge in [-0.05, 0) is 49.0 Å². The number of carbonyl (C=O) groups is 1. The van der Waals surface area contributed by atoms with Crippen molar-refractivity contribution < 1.29 is 14.3 Å². The summed E-state index contributed by atoms with van der Waals surface area (Å²) in [4.78, 5) is 21.9.